The highest BCUT2D eigenvalue weighted by molar-refractivity contribution is 5.54. The second kappa shape index (κ2) is 6.17. The molecule has 0 aliphatic rings. The van der Waals surface area contributed by atoms with Crippen molar-refractivity contribution in [1.82, 2.24) is 0 Å². The first-order valence-electron chi connectivity index (χ1n) is 6.34. The summed E-state index contributed by atoms with van der Waals surface area (Å²) in [5.41, 5.74) is 2.04. The molecule has 0 amide bonds. The molecule has 1 aromatic rings. The Morgan fingerprint density at radius 1 is 1.22 bits per heavy atom. The van der Waals surface area contributed by atoms with E-state index in [9.17, 15) is 5.11 Å². The van der Waals surface area contributed by atoms with E-state index >= 15 is 0 Å². The Kier molecular flexibility index (Phi) is 5.12. The molecule has 0 bridgehead atoms. The van der Waals surface area contributed by atoms with Crippen molar-refractivity contribution in [1.29, 1.82) is 0 Å². The molecule has 0 fully saturated rings. The molecule has 18 heavy (non-hydrogen) atoms. The van der Waals surface area contributed by atoms with Gasteiger partial charge in [-0.1, -0.05) is 57.2 Å². The van der Waals surface area contributed by atoms with E-state index in [2.05, 4.69) is 26.8 Å². The molecule has 2 atom stereocenters. The van der Waals surface area contributed by atoms with E-state index in [0.29, 0.717) is 0 Å². The third-order valence-electron chi connectivity index (χ3n) is 3.00. The number of hydrogen-bond acceptors (Lipinski definition) is 2. The van der Waals surface area contributed by atoms with Gasteiger partial charge in [-0.05, 0) is 23.5 Å². The van der Waals surface area contributed by atoms with Crippen LogP contribution in [0.3, 0.4) is 0 Å². The average molecular weight is 248 g/mol. The van der Waals surface area contributed by atoms with Crippen molar-refractivity contribution >= 4 is 6.08 Å². The summed E-state index contributed by atoms with van der Waals surface area (Å²) in [6, 6.07) is 7.87. The van der Waals surface area contributed by atoms with Gasteiger partial charge in [-0.2, -0.15) is 0 Å². The van der Waals surface area contributed by atoms with Crippen LogP contribution in [0.4, 0.5) is 0 Å². The molecule has 0 heterocycles. The Balaban J connectivity index is 2.96. The predicted octanol–water partition coefficient (Wildman–Crippen LogP) is 3.81. The molecule has 1 aromatic carbocycles. The summed E-state index contributed by atoms with van der Waals surface area (Å²) < 4.78 is 5.49. The predicted molar refractivity (Wildman–Crippen MR) is 76.4 cm³/mol. The molecule has 0 aliphatic carbocycles. The van der Waals surface area contributed by atoms with Crippen molar-refractivity contribution in [2.75, 3.05) is 7.11 Å². The van der Waals surface area contributed by atoms with Crippen molar-refractivity contribution < 1.29 is 9.84 Å². The van der Waals surface area contributed by atoms with Gasteiger partial charge in [0.25, 0.3) is 0 Å². The maximum Gasteiger partial charge on any atom is 0.0803 e. The second-order valence-corrected chi connectivity index (χ2v) is 5.69. The van der Waals surface area contributed by atoms with E-state index in [0.717, 1.165) is 11.1 Å². The van der Waals surface area contributed by atoms with Gasteiger partial charge in [0.15, 0.2) is 0 Å². The number of methoxy groups -OCH3 is 1. The molecule has 0 aliphatic heterocycles. The van der Waals surface area contributed by atoms with E-state index in [4.69, 9.17) is 4.74 Å². The molecule has 1 N–H and O–H groups in total. The molecule has 0 spiro atoms. The Morgan fingerprint density at radius 3 is 2.33 bits per heavy atom. The summed E-state index contributed by atoms with van der Waals surface area (Å²) in [5, 5.41) is 9.72. The van der Waals surface area contributed by atoms with E-state index in [1.165, 1.54) is 0 Å². The van der Waals surface area contributed by atoms with Crippen LogP contribution in [-0.4, -0.2) is 18.3 Å². The zero-order chi connectivity index (χ0) is 13.8. The topological polar surface area (TPSA) is 29.5 Å². The van der Waals surface area contributed by atoms with Crippen molar-refractivity contribution in [3.63, 3.8) is 0 Å². The van der Waals surface area contributed by atoms with Crippen molar-refractivity contribution in [2.45, 2.75) is 39.9 Å². The largest absolute Gasteiger partial charge is 0.389 e. The summed E-state index contributed by atoms with van der Waals surface area (Å²) in [4.78, 5) is 0. The van der Waals surface area contributed by atoms with Crippen LogP contribution in [0, 0.1) is 5.41 Å². The minimum Gasteiger partial charge on any atom is -0.389 e. The van der Waals surface area contributed by atoms with Gasteiger partial charge in [-0.25, -0.2) is 0 Å². The Labute approximate surface area is 110 Å². The summed E-state index contributed by atoms with van der Waals surface area (Å²) in [7, 11) is 1.72. The third-order valence-corrected chi connectivity index (χ3v) is 3.00. The standard InChI is InChI=1S/C16H24O2/c1-12(17)14-9-7-6-8-13(14)10-11-15(18-5)16(2,3)4/h6-12,15,17H,1-5H3/b11-10+. The summed E-state index contributed by atoms with van der Waals surface area (Å²) >= 11 is 0. The third kappa shape index (κ3) is 3.97. The minimum atomic E-state index is -0.457. The molecule has 0 saturated carbocycles. The monoisotopic (exact) mass is 248 g/mol. The fourth-order valence-electron chi connectivity index (χ4n) is 1.95. The molecule has 0 aromatic heterocycles. The zero-order valence-corrected chi connectivity index (χ0v) is 12.0. The molecule has 0 radical (unpaired) electrons. The van der Waals surface area contributed by atoms with Crippen LogP contribution in [0.15, 0.2) is 30.3 Å². The lowest BCUT2D eigenvalue weighted by atomic mass is 9.88. The number of hydrogen-bond donors (Lipinski definition) is 1. The lowest BCUT2D eigenvalue weighted by Crippen LogP contribution is -2.25. The van der Waals surface area contributed by atoms with E-state index in [1.54, 1.807) is 14.0 Å². The average Bonchev–Trinajstić information content (AvgIpc) is 2.28. The highest BCUT2D eigenvalue weighted by Crippen LogP contribution is 2.25. The normalized spacial score (nSPS) is 15.9. The van der Waals surface area contributed by atoms with Crippen LogP contribution >= 0.6 is 0 Å². The molecule has 2 heteroatoms. The van der Waals surface area contributed by atoms with Gasteiger partial charge in [0, 0.05) is 7.11 Å². The van der Waals surface area contributed by atoms with E-state index in [-0.39, 0.29) is 11.5 Å². The van der Waals surface area contributed by atoms with Crippen LogP contribution in [0.2, 0.25) is 0 Å². The van der Waals surface area contributed by atoms with Crippen LogP contribution in [0.1, 0.15) is 44.9 Å². The number of rotatable bonds is 4. The van der Waals surface area contributed by atoms with Crippen molar-refractivity contribution in [2.24, 2.45) is 5.41 Å². The fourth-order valence-corrected chi connectivity index (χ4v) is 1.95. The lowest BCUT2D eigenvalue weighted by molar-refractivity contribution is 0.0541. The molecular weight excluding hydrogens is 224 g/mol. The molecule has 100 valence electrons. The maximum absolute atomic E-state index is 9.72. The van der Waals surface area contributed by atoms with E-state index < -0.39 is 6.10 Å². The van der Waals surface area contributed by atoms with Crippen molar-refractivity contribution in [3.05, 3.63) is 41.5 Å². The highest BCUT2D eigenvalue weighted by Gasteiger charge is 2.21. The highest BCUT2D eigenvalue weighted by atomic mass is 16.5. The smallest absolute Gasteiger partial charge is 0.0803 e. The number of benzene rings is 1. The second-order valence-electron chi connectivity index (χ2n) is 5.69. The first-order chi connectivity index (χ1) is 8.36. The summed E-state index contributed by atoms with van der Waals surface area (Å²) in [6.07, 6.45) is 3.68. The number of aliphatic hydroxyl groups excluding tert-OH is 1. The number of ether oxygens (including phenoxy) is 1. The van der Waals surface area contributed by atoms with Gasteiger partial charge < -0.3 is 9.84 Å². The molecule has 0 saturated heterocycles. The van der Waals surface area contributed by atoms with Crippen LogP contribution < -0.4 is 0 Å². The Bertz CT molecular complexity index is 400. The lowest BCUT2D eigenvalue weighted by Gasteiger charge is -2.26. The SMILES string of the molecule is COC(/C=C/c1ccccc1C(C)O)C(C)(C)C. The van der Waals surface area contributed by atoms with E-state index in [1.807, 2.05) is 30.3 Å². The van der Waals surface area contributed by atoms with Gasteiger partial charge in [0.1, 0.15) is 0 Å². The Hall–Kier alpha value is -1.12. The quantitative estimate of drug-likeness (QED) is 0.878. The van der Waals surface area contributed by atoms with Crippen LogP contribution in [0.25, 0.3) is 6.08 Å². The van der Waals surface area contributed by atoms with Crippen LogP contribution in [0.5, 0.6) is 0 Å². The van der Waals surface area contributed by atoms with Gasteiger partial charge in [0.05, 0.1) is 12.2 Å². The molecule has 2 nitrogen and oxygen atoms in total. The van der Waals surface area contributed by atoms with Gasteiger partial charge in [-0.15, -0.1) is 0 Å². The van der Waals surface area contributed by atoms with Gasteiger partial charge >= 0.3 is 0 Å². The van der Waals surface area contributed by atoms with Gasteiger partial charge in [0.2, 0.25) is 0 Å². The maximum atomic E-state index is 9.72. The minimum absolute atomic E-state index is 0.0551. The number of aliphatic hydroxyl groups is 1. The first-order valence-corrected chi connectivity index (χ1v) is 6.34. The summed E-state index contributed by atoms with van der Waals surface area (Å²) in [5.74, 6) is 0. The summed E-state index contributed by atoms with van der Waals surface area (Å²) in [6.45, 7) is 8.22. The molecule has 1 rings (SSSR count). The van der Waals surface area contributed by atoms with Gasteiger partial charge in [-0.3, -0.25) is 0 Å². The van der Waals surface area contributed by atoms with Crippen LogP contribution in [-0.2, 0) is 4.74 Å². The molecular formula is C16H24O2. The zero-order valence-electron chi connectivity index (χ0n) is 12.0. The molecule has 2 unspecified atom stereocenters. The first kappa shape index (κ1) is 14.9. The fraction of sp³-hybridized carbons (Fsp3) is 0.500. The van der Waals surface area contributed by atoms with Crippen molar-refractivity contribution in [3.8, 4) is 0 Å². The Morgan fingerprint density at radius 2 is 1.83 bits per heavy atom.